The highest BCUT2D eigenvalue weighted by Crippen LogP contribution is 2.44. The van der Waals surface area contributed by atoms with Crippen molar-refractivity contribution >= 4 is 65.8 Å². The highest BCUT2D eigenvalue weighted by atomic mass is 16.3. The number of fused-ring (bicyclic) bond motifs is 9. The van der Waals surface area contributed by atoms with Gasteiger partial charge in [-0.1, -0.05) is 109 Å². The van der Waals surface area contributed by atoms with Crippen LogP contribution < -0.4 is 0 Å². The Hall–Kier alpha value is -7.05. The second-order valence-electron chi connectivity index (χ2n) is 12.7. The number of furan rings is 3. The predicted molar refractivity (Wildman–Crippen MR) is 203 cm³/mol. The van der Waals surface area contributed by atoms with Crippen LogP contribution in [0.1, 0.15) is 0 Å². The molecule has 0 aliphatic heterocycles. The molecule has 6 nitrogen and oxygen atoms in total. The third-order valence-electron chi connectivity index (χ3n) is 9.76. The minimum Gasteiger partial charge on any atom is -0.456 e. The molecule has 0 N–H and O–H groups in total. The van der Waals surface area contributed by atoms with Crippen LogP contribution in [0.15, 0.2) is 165 Å². The first-order chi connectivity index (χ1) is 25.3. The molecule has 0 aliphatic rings. The molecule has 238 valence electrons. The quantitative estimate of drug-likeness (QED) is 0.188. The van der Waals surface area contributed by atoms with Gasteiger partial charge in [-0.15, -0.1) is 0 Å². The van der Waals surface area contributed by atoms with Crippen molar-refractivity contribution in [2.24, 2.45) is 0 Å². The lowest BCUT2D eigenvalue weighted by atomic mass is 9.95. The fraction of sp³-hybridized carbons (Fsp3) is 0. The van der Waals surface area contributed by atoms with Crippen LogP contribution >= 0.6 is 0 Å². The number of hydrogen-bond acceptors (Lipinski definition) is 6. The van der Waals surface area contributed by atoms with Crippen LogP contribution in [0.25, 0.3) is 111 Å². The van der Waals surface area contributed by atoms with E-state index in [4.69, 9.17) is 28.2 Å². The first-order valence-corrected chi connectivity index (χ1v) is 16.9. The van der Waals surface area contributed by atoms with E-state index in [1.807, 2.05) is 97.1 Å². The van der Waals surface area contributed by atoms with Gasteiger partial charge in [0.1, 0.15) is 33.5 Å². The first kappa shape index (κ1) is 27.9. The highest BCUT2D eigenvalue weighted by molar-refractivity contribution is 6.19. The molecule has 0 amide bonds. The minimum atomic E-state index is 0.522. The summed E-state index contributed by atoms with van der Waals surface area (Å²) < 4.78 is 19.3. The third kappa shape index (κ3) is 4.26. The van der Waals surface area contributed by atoms with E-state index in [0.29, 0.717) is 23.1 Å². The Bertz CT molecular complexity index is 3150. The molecular formula is C45H25N3O3. The summed E-state index contributed by atoms with van der Waals surface area (Å²) in [6.07, 6.45) is 0. The third-order valence-corrected chi connectivity index (χ3v) is 9.76. The Morgan fingerprint density at radius 3 is 1.69 bits per heavy atom. The maximum atomic E-state index is 6.71. The van der Waals surface area contributed by atoms with E-state index in [1.54, 1.807) is 0 Å². The van der Waals surface area contributed by atoms with Gasteiger partial charge in [0.2, 0.25) is 0 Å². The van der Waals surface area contributed by atoms with E-state index in [9.17, 15) is 0 Å². The SMILES string of the molecule is c1ccc(-c2nc(-c3ccc4oc5ccccc5c4c3)nc(-c3ccc(-c4cccc5c4oc4ccccc45)c4c3oc3ccccc34)n2)cc1. The average molecular weight is 656 g/mol. The van der Waals surface area contributed by atoms with Gasteiger partial charge in [-0.05, 0) is 48.0 Å². The monoisotopic (exact) mass is 655 g/mol. The Labute approximate surface area is 290 Å². The van der Waals surface area contributed by atoms with Crippen LogP contribution in [0.3, 0.4) is 0 Å². The van der Waals surface area contributed by atoms with Crippen LogP contribution in [0, 0.1) is 0 Å². The van der Waals surface area contributed by atoms with E-state index in [0.717, 1.165) is 88.0 Å². The first-order valence-electron chi connectivity index (χ1n) is 16.9. The molecule has 0 bridgehead atoms. The molecule has 0 saturated heterocycles. The summed E-state index contributed by atoms with van der Waals surface area (Å²) in [6.45, 7) is 0. The number of benzene rings is 7. The molecule has 0 atom stereocenters. The summed E-state index contributed by atoms with van der Waals surface area (Å²) in [5.41, 5.74) is 9.39. The van der Waals surface area contributed by atoms with Gasteiger partial charge in [-0.2, -0.15) is 0 Å². The van der Waals surface area contributed by atoms with Gasteiger partial charge >= 0.3 is 0 Å². The standard InChI is InChI=1S/C45H25N3O3/c1-2-11-26(12-3-1)43-46-44(27-21-24-39-35(25-27)29-14-5-7-18-36(29)49-39)48-45(47-43)34-23-22-30(40-33-15-6-9-20-38(33)51-42(34)40)32-17-10-16-31-28-13-4-8-19-37(28)50-41(31)32/h1-25H. The average Bonchev–Trinajstić information content (AvgIpc) is 3.89. The van der Waals surface area contributed by atoms with Crippen molar-refractivity contribution in [2.45, 2.75) is 0 Å². The van der Waals surface area contributed by atoms with Gasteiger partial charge in [0.25, 0.3) is 0 Å². The fourth-order valence-corrected chi connectivity index (χ4v) is 7.39. The topological polar surface area (TPSA) is 78.1 Å². The molecule has 4 aromatic heterocycles. The summed E-state index contributed by atoms with van der Waals surface area (Å²) in [5.74, 6) is 1.66. The Morgan fingerprint density at radius 2 is 0.882 bits per heavy atom. The van der Waals surface area contributed by atoms with Crippen LogP contribution in [0.4, 0.5) is 0 Å². The molecule has 6 heteroatoms. The lowest BCUT2D eigenvalue weighted by molar-refractivity contribution is 0.668. The lowest BCUT2D eigenvalue weighted by Crippen LogP contribution is -2.00. The molecule has 0 radical (unpaired) electrons. The predicted octanol–water partition coefficient (Wildman–Crippen LogP) is 12.2. The number of aromatic nitrogens is 3. The summed E-state index contributed by atoms with van der Waals surface area (Å²) in [4.78, 5) is 15.2. The summed E-state index contributed by atoms with van der Waals surface area (Å²) in [6, 6.07) is 51.0. The van der Waals surface area contributed by atoms with Gasteiger partial charge in [0.15, 0.2) is 17.5 Å². The molecule has 51 heavy (non-hydrogen) atoms. The molecule has 0 aliphatic carbocycles. The lowest BCUT2D eigenvalue weighted by Gasteiger charge is -2.11. The van der Waals surface area contributed by atoms with Gasteiger partial charge in [-0.3, -0.25) is 0 Å². The zero-order chi connectivity index (χ0) is 33.5. The summed E-state index contributed by atoms with van der Waals surface area (Å²) in [7, 11) is 0. The number of rotatable bonds is 4. The molecular weight excluding hydrogens is 631 g/mol. The number of para-hydroxylation sites is 4. The molecule has 0 fully saturated rings. The van der Waals surface area contributed by atoms with Crippen molar-refractivity contribution in [2.75, 3.05) is 0 Å². The second-order valence-corrected chi connectivity index (χ2v) is 12.7. The second kappa shape index (κ2) is 10.7. The van der Waals surface area contributed by atoms with Gasteiger partial charge in [0, 0.05) is 49.0 Å². The molecule has 11 aromatic rings. The van der Waals surface area contributed by atoms with Gasteiger partial charge in [-0.25, -0.2) is 15.0 Å². The van der Waals surface area contributed by atoms with Crippen molar-refractivity contribution in [1.29, 1.82) is 0 Å². The zero-order valence-corrected chi connectivity index (χ0v) is 27.0. The summed E-state index contributed by atoms with van der Waals surface area (Å²) >= 11 is 0. The highest BCUT2D eigenvalue weighted by Gasteiger charge is 2.23. The Morgan fingerprint density at radius 1 is 0.314 bits per heavy atom. The fourth-order valence-electron chi connectivity index (χ4n) is 7.39. The number of hydrogen-bond donors (Lipinski definition) is 0. The van der Waals surface area contributed by atoms with Crippen molar-refractivity contribution in [3.05, 3.63) is 152 Å². The normalized spacial score (nSPS) is 11.9. The van der Waals surface area contributed by atoms with Gasteiger partial charge < -0.3 is 13.3 Å². The van der Waals surface area contributed by atoms with Crippen molar-refractivity contribution in [3.63, 3.8) is 0 Å². The zero-order valence-electron chi connectivity index (χ0n) is 27.0. The van der Waals surface area contributed by atoms with E-state index in [1.165, 1.54) is 0 Å². The summed E-state index contributed by atoms with van der Waals surface area (Å²) in [5, 5.41) is 6.20. The molecule has 0 saturated carbocycles. The molecule has 7 aromatic carbocycles. The van der Waals surface area contributed by atoms with E-state index in [-0.39, 0.29) is 0 Å². The largest absolute Gasteiger partial charge is 0.456 e. The van der Waals surface area contributed by atoms with Crippen molar-refractivity contribution in [3.8, 4) is 45.3 Å². The molecule has 11 rings (SSSR count). The molecule has 4 heterocycles. The van der Waals surface area contributed by atoms with E-state index in [2.05, 4.69) is 54.6 Å². The van der Waals surface area contributed by atoms with E-state index >= 15 is 0 Å². The van der Waals surface area contributed by atoms with Crippen molar-refractivity contribution < 1.29 is 13.3 Å². The molecule has 0 unspecified atom stereocenters. The minimum absolute atomic E-state index is 0.522. The Balaban J connectivity index is 1.17. The van der Waals surface area contributed by atoms with Gasteiger partial charge in [0.05, 0.1) is 5.56 Å². The van der Waals surface area contributed by atoms with E-state index < -0.39 is 0 Å². The maximum Gasteiger partial charge on any atom is 0.167 e. The van der Waals surface area contributed by atoms with Crippen LogP contribution in [-0.2, 0) is 0 Å². The molecule has 0 spiro atoms. The van der Waals surface area contributed by atoms with Crippen LogP contribution in [0.5, 0.6) is 0 Å². The smallest absolute Gasteiger partial charge is 0.167 e. The van der Waals surface area contributed by atoms with Crippen molar-refractivity contribution in [1.82, 2.24) is 15.0 Å². The number of nitrogens with zero attached hydrogens (tertiary/aromatic N) is 3. The van der Waals surface area contributed by atoms with Crippen LogP contribution in [-0.4, -0.2) is 15.0 Å². The Kier molecular flexibility index (Phi) is 5.86. The maximum absolute atomic E-state index is 6.71. The van der Waals surface area contributed by atoms with Crippen LogP contribution in [0.2, 0.25) is 0 Å².